The maximum atomic E-state index is 9.80. The normalized spacial score (nSPS) is 12.1. The van der Waals surface area contributed by atoms with Crippen LogP contribution in [0, 0.1) is 0 Å². The molecule has 2 rings (SSSR count). The van der Waals surface area contributed by atoms with Gasteiger partial charge in [0.15, 0.2) is 0 Å². The van der Waals surface area contributed by atoms with E-state index in [-0.39, 0.29) is 11.8 Å². The fourth-order valence-electron chi connectivity index (χ4n) is 1.74. The molecule has 0 aliphatic carbocycles. The van der Waals surface area contributed by atoms with Crippen molar-refractivity contribution in [3.8, 4) is 11.5 Å². The van der Waals surface area contributed by atoms with Crippen LogP contribution in [0.15, 0.2) is 48.5 Å². The molecule has 0 aliphatic heterocycles. The van der Waals surface area contributed by atoms with Crippen LogP contribution in [0.2, 0.25) is 0 Å². The first kappa shape index (κ1) is 12.5. The van der Waals surface area contributed by atoms with Crippen molar-refractivity contribution in [2.75, 3.05) is 0 Å². The van der Waals surface area contributed by atoms with Crippen LogP contribution in [-0.2, 0) is 6.61 Å². The Morgan fingerprint density at radius 1 is 1.17 bits per heavy atom. The Morgan fingerprint density at radius 3 is 2.50 bits per heavy atom. The predicted octanol–water partition coefficient (Wildman–Crippen LogP) is 2.99. The minimum Gasteiger partial charge on any atom is -0.507 e. The standard InChI is InChI=1S/C15H17NO2/c1-11(16)14-8-7-13(9-15(14)17)18-10-12-5-3-2-4-6-12/h2-9,11,17H,10,16H2,1H3. The van der Waals surface area contributed by atoms with Crippen LogP contribution in [0.1, 0.15) is 24.1 Å². The highest BCUT2D eigenvalue weighted by Gasteiger charge is 2.07. The zero-order chi connectivity index (χ0) is 13.0. The van der Waals surface area contributed by atoms with E-state index in [0.717, 1.165) is 11.1 Å². The lowest BCUT2D eigenvalue weighted by Crippen LogP contribution is -2.05. The van der Waals surface area contributed by atoms with Crippen molar-refractivity contribution >= 4 is 0 Å². The molecule has 2 aromatic rings. The molecule has 0 bridgehead atoms. The van der Waals surface area contributed by atoms with Gasteiger partial charge in [0.05, 0.1) is 0 Å². The third-order valence-electron chi connectivity index (χ3n) is 2.74. The highest BCUT2D eigenvalue weighted by molar-refractivity contribution is 5.41. The number of hydrogen-bond donors (Lipinski definition) is 2. The van der Waals surface area contributed by atoms with Crippen molar-refractivity contribution in [2.24, 2.45) is 5.73 Å². The molecule has 0 spiro atoms. The van der Waals surface area contributed by atoms with Gasteiger partial charge in [-0.15, -0.1) is 0 Å². The summed E-state index contributed by atoms with van der Waals surface area (Å²) in [5.41, 5.74) is 7.54. The smallest absolute Gasteiger partial charge is 0.124 e. The van der Waals surface area contributed by atoms with Gasteiger partial charge >= 0.3 is 0 Å². The summed E-state index contributed by atoms with van der Waals surface area (Å²) >= 11 is 0. The molecule has 3 heteroatoms. The van der Waals surface area contributed by atoms with Gasteiger partial charge < -0.3 is 15.6 Å². The van der Waals surface area contributed by atoms with Crippen LogP contribution in [0.25, 0.3) is 0 Å². The molecule has 0 saturated heterocycles. The van der Waals surface area contributed by atoms with Gasteiger partial charge in [0.1, 0.15) is 18.1 Å². The molecule has 0 aliphatic rings. The molecule has 18 heavy (non-hydrogen) atoms. The lowest BCUT2D eigenvalue weighted by Gasteiger charge is -2.11. The van der Waals surface area contributed by atoms with Gasteiger partial charge in [0, 0.05) is 17.7 Å². The molecule has 0 aromatic heterocycles. The van der Waals surface area contributed by atoms with Gasteiger partial charge in [0.25, 0.3) is 0 Å². The Kier molecular flexibility index (Phi) is 3.85. The fraction of sp³-hybridized carbons (Fsp3) is 0.200. The Morgan fingerprint density at radius 2 is 1.89 bits per heavy atom. The summed E-state index contributed by atoms with van der Waals surface area (Å²) in [4.78, 5) is 0. The summed E-state index contributed by atoms with van der Waals surface area (Å²) in [6.07, 6.45) is 0. The van der Waals surface area contributed by atoms with E-state index in [1.807, 2.05) is 43.3 Å². The molecule has 2 aromatic carbocycles. The minimum absolute atomic E-state index is 0.176. The van der Waals surface area contributed by atoms with E-state index < -0.39 is 0 Å². The van der Waals surface area contributed by atoms with E-state index in [2.05, 4.69) is 0 Å². The number of nitrogens with two attached hydrogens (primary N) is 1. The molecular weight excluding hydrogens is 226 g/mol. The third-order valence-corrected chi connectivity index (χ3v) is 2.74. The number of aromatic hydroxyl groups is 1. The first-order valence-corrected chi connectivity index (χ1v) is 5.92. The molecule has 0 heterocycles. The zero-order valence-corrected chi connectivity index (χ0v) is 10.3. The second-order valence-corrected chi connectivity index (χ2v) is 4.28. The summed E-state index contributed by atoms with van der Waals surface area (Å²) in [6, 6.07) is 14.9. The first-order chi connectivity index (χ1) is 8.66. The van der Waals surface area contributed by atoms with Gasteiger partial charge in [-0.25, -0.2) is 0 Å². The summed E-state index contributed by atoms with van der Waals surface area (Å²) in [5, 5.41) is 9.80. The van der Waals surface area contributed by atoms with Crippen LogP contribution < -0.4 is 10.5 Å². The van der Waals surface area contributed by atoms with Crippen molar-refractivity contribution in [3.63, 3.8) is 0 Å². The number of phenols is 1. The summed E-state index contributed by atoms with van der Waals surface area (Å²) < 4.78 is 5.61. The van der Waals surface area contributed by atoms with Crippen molar-refractivity contribution in [1.82, 2.24) is 0 Å². The van der Waals surface area contributed by atoms with Crippen molar-refractivity contribution in [2.45, 2.75) is 19.6 Å². The van der Waals surface area contributed by atoms with Crippen LogP contribution in [0.3, 0.4) is 0 Å². The first-order valence-electron chi connectivity index (χ1n) is 5.92. The van der Waals surface area contributed by atoms with Crippen LogP contribution in [0.5, 0.6) is 11.5 Å². The van der Waals surface area contributed by atoms with Gasteiger partial charge in [-0.1, -0.05) is 36.4 Å². The van der Waals surface area contributed by atoms with Crippen molar-refractivity contribution in [1.29, 1.82) is 0 Å². The maximum Gasteiger partial charge on any atom is 0.124 e. The predicted molar refractivity (Wildman–Crippen MR) is 71.5 cm³/mol. The molecule has 3 N–H and O–H groups in total. The monoisotopic (exact) mass is 243 g/mol. The molecule has 0 radical (unpaired) electrons. The van der Waals surface area contributed by atoms with E-state index >= 15 is 0 Å². The number of phenolic OH excluding ortho intramolecular Hbond substituents is 1. The molecule has 1 atom stereocenters. The maximum absolute atomic E-state index is 9.80. The van der Waals surface area contributed by atoms with Gasteiger partial charge in [0.2, 0.25) is 0 Å². The summed E-state index contributed by atoms with van der Waals surface area (Å²) in [7, 11) is 0. The second kappa shape index (κ2) is 5.56. The number of hydrogen-bond acceptors (Lipinski definition) is 3. The average molecular weight is 243 g/mol. The highest BCUT2D eigenvalue weighted by Crippen LogP contribution is 2.27. The molecule has 1 unspecified atom stereocenters. The lowest BCUT2D eigenvalue weighted by atomic mass is 10.1. The molecule has 94 valence electrons. The summed E-state index contributed by atoms with van der Waals surface area (Å²) in [5.74, 6) is 0.816. The number of ether oxygens (including phenoxy) is 1. The van der Waals surface area contributed by atoms with Crippen molar-refractivity contribution in [3.05, 3.63) is 59.7 Å². The van der Waals surface area contributed by atoms with E-state index in [1.165, 1.54) is 0 Å². The minimum atomic E-state index is -0.187. The van der Waals surface area contributed by atoms with E-state index in [1.54, 1.807) is 12.1 Å². The Balaban J connectivity index is 2.05. The Labute approximate surface area is 107 Å². The van der Waals surface area contributed by atoms with Crippen LogP contribution >= 0.6 is 0 Å². The summed E-state index contributed by atoms with van der Waals surface area (Å²) in [6.45, 7) is 2.32. The highest BCUT2D eigenvalue weighted by atomic mass is 16.5. The second-order valence-electron chi connectivity index (χ2n) is 4.28. The zero-order valence-electron chi connectivity index (χ0n) is 10.3. The van der Waals surface area contributed by atoms with Crippen molar-refractivity contribution < 1.29 is 9.84 Å². The lowest BCUT2D eigenvalue weighted by molar-refractivity contribution is 0.304. The van der Waals surface area contributed by atoms with Crippen LogP contribution in [0.4, 0.5) is 0 Å². The van der Waals surface area contributed by atoms with Gasteiger partial charge in [-0.2, -0.15) is 0 Å². The number of benzene rings is 2. The van der Waals surface area contributed by atoms with Crippen LogP contribution in [-0.4, -0.2) is 5.11 Å². The molecule has 0 fully saturated rings. The Hall–Kier alpha value is -2.00. The average Bonchev–Trinajstić information content (AvgIpc) is 2.37. The third kappa shape index (κ3) is 3.02. The van der Waals surface area contributed by atoms with E-state index in [9.17, 15) is 5.11 Å². The number of rotatable bonds is 4. The topological polar surface area (TPSA) is 55.5 Å². The van der Waals surface area contributed by atoms with E-state index in [4.69, 9.17) is 10.5 Å². The quantitative estimate of drug-likeness (QED) is 0.868. The van der Waals surface area contributed by atoms with Gasteiger partial charge in [-0.3, -0.25) is 0 Å². The largest absolute Gasteiger partial charge is 0.507 e. The molecule has 3 nitrogen and oxygen atoms in total. The molecular formula is C15H17NO2. The van der Waals surface area contributed by atoms with E-state index in [0.29, 0.717) is 12.4 Å². The molecule has 0 amide bonds. The van der Waals surface area contributed by atoms with Gasteiger partial charge in [-0.05, 0) is 18.6 Å². The SMILES string of the molecule is CC(N)c1ccc(OCc2ccccc2)cc1O. The fourth-order valence-corrected chi connectivity index (χ4v) is 1.74. The molecule has 0 saturated carbocycles. The Bertz CT molecular complexity index is 509.